The average Bonchev–Trinajstić information content (AvgIpc) is 2.59. The van der Waals surface area contributed by atoms with Crippen LogP contribution in [0, 0.1) is 6.92 Å². The van der Waals surface area contributed by atoms with Gasteiger partial charge >= 0.3 is 0 Å². The molecule has 0 unspecified atom stereocenters. The molecule has 0 aliphatic heterocycles. The second kappa shape index (κ2) is 4.37. The lowest BCUT2D eigenvalue weighted by Crippen LogP contribution is -2.35. The molecule has 0 saturated heterocycles. The summed E-state index contributed by atoms with van der Waals surface area (Å²) in [6.45, 7) is 1.95. The molecule has 0 bridgehead atoms. The van der Waals surface area contributed by atoms with Gasteiger partial charge < -0.3 is 0 Å². The minimum Gasteiger partial charge on any atom is -0.255 e. The average molecular weight is 203 g/mol. The fourth-order valence-corrected chi connectivity index (χ4v) is 2.31. The molecule has 1 aliphatic carbocycles. The third-order valence-corrected chi connectivity index (χ3v) is 3.28. The minimum absolute atomic E-state index is 0.290. The second-order valence-corrected chi connectivity index (χ2v) is 4.68. The van der Waals surface area contributed by atoms with E-state index in [1.165, 1.54) is 32.1 Å². The molecule has 1 aliphatic rings. The Morgan fingerprint density at radius 2 is 1.80 bits per heavy atom. The van der Waals surface area contributed by atoms with Gasteiger partial charge in [-0.1, -0.05) is 37.3 Å². The van der Waals surface area contributed by atoms with Gasteiger partial charge in [-0.15, -0.1) is 5.10 Å². The van der Waals surface area contributed by atoms with Crippen molar-refractivity contribution in [1.29, 1.82) is 0 Å². The van der Waals surface area contributed by atoms with Gasteiger partial charge in [0.15, 0.2) is 0 Å². The Bertz CT molecular complexity index is 313. The number of rotatable bonds is 1. The summed E-state index contributed by atoms with van der Waals surface area (Å²) >= 11 is 0. The summed E-state index contributed by atoms with van der Waals surface area (Å²) in [6.07, 6.45) is 10.4. The normalized spacial score (nSPS) is 21.9. The van der Waals surface area contributed by atoms with Crippen molar-refractivity contribution < 1.29 is 0 Å². The Labute approximate surface area is 92.7 Å². The third kappa shape index (κ3) is 2.41. The van der Waals surface area contributed by atoms with E-state index in [0.29, 0.717) is 0 Å². The van der Waals surface area contributed by atoms with E-state index in [2.05, 4.69) is 10.3 Å². The van der Waals surface area contributed by atoms with E-state index in [4.69, 9.17) is 7.85 Å². The van der Waals surface area contributed by atoms with Crippen molar-refractivity contribution >= 4 is 7.85 Å². The van der Waals surface area contributed by atoms with Gasteiger partial charge in [0.2, 0.25) is 0 Å². The molecule has 1 heterocycles. The zero-order valence-electron chi connectivity index (χ0n) is 9.45. The van der Waals surface area contributed by atoms with E-state index >= 15 is 0 Å². The maximum absolute atomic E-state index is 6.42. The van der Waals surface area contributed by atoms with Gasteiger partial charge in [-0.25, -0.2) is 0 Å². The highest BCUT2D eigenvalue weighted by Crippen LogP contribution is 2.29. The predicted molar refractivity (Wildman–Crippen MR) is 60.8 cm³/mol. The topological polar surface area (TPSA) is 30.7 Å². The molecule has 4 heteroatoms. The first-order chi connectivity index (χ1) is 7.21. The highest BCUT2D eigenvalue weighted by molar-refractivity contribution is 6.13. The van der Waals surface area contributed by atoms with Crippen LogP contribution in [0.15, 0.2) is 6.20 Å². The SMILES string of the molecule is [B]C1(n2cc(C)nn2)CCCCCCC1. The zero-order chi connectivity index (χ0) is 10.7. The first-order valence-corrected chi connectivity index (χ1v) is 5.89. The van der Waals surface area contributed by atoms with Crippen molar-refractivity contribution in [3.8, 4) is 0 Å². The van der Waals surface area contributed by atoms with Crippen LogP contribution in [0.5, 0.6) is 0 Å². The van der Waals surface area contributed by atoms with E-state index in [0.717, 1.165) is 18.5 Å². The molecule has 1 fully saturated rings. The predicted octanol–water partition coefficient (Wildman–Crippen LogP) is 2.15. The minimum atomic E-state index is -0.290. The lowest BCUT2D eigenvalue weighted by Gasteiger charge is -2.32. The van der Waals surface area contributed by atoms with Crippen LogP contribution in [0.1, 0.15) is 50.6 Å². The second-order valence-electron chi connectivity index (χ2n) is 4.68. The molecule has 1 aromatic heterocycles. The monoisotopic (exact) mass is 203 g/mol. The van der Waals surface area contributed by atoms with Crippen LogP contribution in [-0.4, -0.2) is 22.8 Å². The van der Waals surface area contributed by atoms with Crippen molar-refractivity contribution in [2.45, 2.75) is 57.3 Å². The van der Waals surface area contributed by atoms with Crippen molar-refractivity contribution in [2.75, 3.05) is 0 Å². The fraction of sp³-hybridized carbons (Fsp3) is 0.818. The summed E-state index contributed by atoms with van der Waals surface area (Å²) in [5.74, 6) is 0. The van der Waals surface area contributed by atoms with Crippen LogP contribution in [0.25, 0.3) is 0 Å². The molecule has 2 rings (SSSR count). The molecule has 80 valence electrons. The first kappa shape index (κ1) is 10.7. The number of hydrogen-bond donors (Lipinski definition) is 0. The third-order valence-electron chi connectivity index (χ3n) is 3.28. The first-order valence-electron chi connectivity index (χ1n) is 5.89. The molecule has 0 spiro atoms. The Morgan fingerprint density at radius 3 is 2.33 bits per heavy atom. The maximum Gasteiger partial charge on any atom is 0.107 e. The fourth-order valence-electron chi connectivity index (χ4n) is 2.31. The van der Waals surface area contributed by atoms with Gasteiger partial charge in [-0.3, -0.25) is 4.68 Å². The molecule has 0 atom stereocenters. The summed E-state index contributed by atoms with van der Waals surface area (Å²) in [5.41, 5.74) is 0.656. The highest BCUT2D eigenvalue weighted by Gasteiger charge is 2.27. The van der Waals surface area contributed by atoms with Crippen LogP contribution >= 0.6 is 0 Å². The number of aryl methyl sites for hydroxylation is 1. The van der Waals surface area contributed by atoms with E-state index in [-0.39, 0.29) is 5.44 Å². The van der Waals surface area contributed by atoms with E-state index in [1.807, 2.05) is 17.8 Å². The van der Waals surface area contributed by atoms with Crippen molar-refractivity contribution in [1.82, 2.24) is 15.0 Å². The maximum atomic E-state index is 6.42. The standard InChI is InChI=1S/C11H18BN3/c1-10-9-15(14-13-10)11(12)7-5-3-2-4-6-8-11/h9H,2-8H2,1H3. The van der Waals surface area contributed by atoms with Crippen LogP contribution in [-0.2, 0) is 5.44 Å². The molecule has 1 aromatic rings. The molecule has 1 saturated carbocycles. The number of nitrogens with zero attached hydrogens (tertiary/aromatic N) is 3. The largest absolute Gasteiger partial charge is 0.255 e. The van der Waals surface area contributed by atoms with Gasteiger partial charge in [-0.05, 0) is 19.8 Å². The van der Waals surface area contributed by atoms with Crippen molar-refractivity contribution in [3.05, 3.63) is 11.9 Å². The Morgan fingerprint density at radius 1 is 1.20 bits per heavy atom. The molecule has 0 aromatic carbocycles. The van der Waals surface area contributed by atoms with Crippen molar-refractivity contribution in [3.63, 3.8) is 0 Å². The van der Waals surface area contributed by atoms with Gasteiger partial charge in [-0.2, -0.15) is 0 Å². The van der Waals surface area contributed by atoms with Gasteiger partial charge in [0, 0.05) is 11.6 Å². The molecule has 3 nitrogen and oxygen atoms in total. The Hall–Kier alpha value is -0.795. The molecule has 2 radical (unpaired) electrons. The molecule has 0 amide bonds. The van der Waals surface area contributed by atoms with E-state index < -0.39 is 0 Å². The van der Waals surface area contributed by atoms with Crippen molar-refractivity contribution in [2.24, 2.45) is 0 Å². The summed E-state index contributed by atoms with van der Waals surface area (Å²) in [7, 11) is 6.42. The molecule has 0 N–H and O–H groups in total. The Balaban J connectivity index is 2.15. The summed E-state index contributed by atoms with van der Waals surface area (Å²) in [6, 6.07) is 0. The molecular formula is C11H18BN3. The van der Waals surface area contributed by atoms with Crippen LogP contribution in [0.2, 0.25) is 0 Å². The quantitative estimate of drug-likeness (QED) is 0.654. The summed E-state index contributed by atoms with van der Waals surface area (Å²) < 4.78 is 1.87. The molecule has 15 heavy (non-hydrogen) atoms. The molecular weight excluding hydrogens is 185 g/mol. The van der Waals surface area contributed by atoms with Gasteiger partial charge in [0.25, 0.3) is 0 Å². The zero-order valence-corrected chi connectivity index (χ0v) is 9.45. The number of hydrogen-bond acceptors (Lipinski definition) is 2. The van der Waals surface area contributed by atoms with Gasteiger partial charge in [0.1, 0.15) is 7.85 Å². The van der Waals surface area contributed by atoms with Crippen LogP contribution in [0.4, 0.5) is 0 Å². The van der Waals surface area contributed by atoms with E-state index in [1.54, 1.807) is 0 Å². The van der Waals surface area contributed by atoms with Crippen LogP contribution in [0.3, 0.4) is 0 Å². The summed E-state index contributed by atoms with van der Waals surface area (Å²) in [5, 5.41) is 8.15. The summed E-state index contributed by atoms with van der Waals surface area (Å²) in [4.78, 5) is 0. The highest BCUT2D eigenvalue weighted by atomic mass is 15.4. The lowest BCUT2D eigenvalue weighted by molar-refractivity contribution is 0.291. The van der Waals surface area contributed by atoms with Gasteiger partial charge in [0.05, 0.1) is 5.69 Å². The van der Waals surface area contributed by atoms with Crippen LogP contribution < -0.4 is 0 Å². The number of aromatic nitrogens is 3. The smallest absolute Gasteiger partial charge is 0.107 e. The lowest BCUT2D eigenvalue weighted by atomic mass is 9.69. The van der Waals surface area contributed by atoms with E-state index in [9.17, 15) is 0 Å². The Kier molecular flexibility index (Phi) is 3.12.